The number of anilines is 1. The zero-order chi connectivity index (χ0) is 17.4. The molecule has 1 N–H and O–H groups in total. The van der Waals surface area contributed by atoms with Gasteiger partial charge >= 0.3 is 0 Å². The van der Waals surface area contributed by atoms with Crippen molar-refractivity contribution in [2.75, 3.05) is 5.32 Å². The van der Waals surface area contributed by atoms with E-state index in [1.54, 1.807) is 4.68 Å². The summed E-state index contributed by atoms with van der Waals surface area (Å²) in [6.07, 6.45) is 2.55. The third-order valence-corrected chi connectivity index (χ3v) is 4.33. The number of para-hydroxylation sites is 1. The number of hydrogen-bond acceptors (Lipinski definition) is 2. The van der Waals surface area contributed by atoms with Crippen molar-refractivity contribution in [1.82, 2.24) is 9.78 Å². The second kappa shape index (κ2) is 6.12. The summed E-state index contributed by atoms with van der Waals surface area (Å²) < 4.78 is 28.6. The number of benzene rings is 2. The first-order chi connectivity index (χ1) is 12.1. The predicted octanol–water partition coefficient (Wildman–Crippen LogP) is 3.89. The summed E-state index contributed by atoms with van der Waals surface area (Å²) in [5.74, 6) is -1.99. The highest BCUT2D eigenvalue weighted by atomic mass is 19.1. The average molecular weight is 339 g/mol. The zero-order valence-corrected chi connectivity index (χ0v) is 13.3. The lowest BCUT2D eigenvalue weighted by atomic mass is 10.2. The molecule has 3 aromatic rings. The molecule has 1 amide bonds. The van der Waals surface area contributed by atoms with Crippen LogP contribution < -0.4 is 5.32 Å². The van der Waals surface area contributed by atoms with Gasteiger partial charge in [0.1, 0.15) is 11.6 Å². The summed E-state index contributed by atoms with van der Waals surface area (Å²) >= 11 is 0. The number of carbonyl (C=O) groups is 1. The first-order valence-electron chi connectivity index (χ1n) is 8.06. The Hall–Kier alpha value is -3.02. The smallest absolute Gasteiger partial charge is 0.276 e. The van der Waals surface area contributed by atoms with Gasteiger partial charge in [-0.05, 0) is 43.5 Å². The lowest BCUT2D eigenvalue weighted by molar-refractivity contribution is 0.102. The highest BCUT2D eigenvalue weighted by molar-refractivity contribution is 6.04. The molecule has 0 bridgehead atoms. The number of amides is 1. The first kappa shape index (κ1) is 15.5. The molecule has 0 aliphatic heterocycles. The molecule has 0 fully saturated rings. The number of halogens is 2. The van der Waals surface area contributed by atoms with Crippen LogP contribution in [0, 0.1) is 11.6 Å². The third kappa shape index (κ3) is 2.80. The predicted molar refractivity (Wildman–Crippen MR) is 89.9 cm³/mol. The van der Waals surface area contributed by atoms with Gasteiger partial charge in [-0.3, -0.25) is 4.79 Å². The van der Waals surface area contributed by atoms with E-state index in [2.05, 4.69) is 10.4 Å². The number of hydrogen-bond donors (Lipinski definition) is 1. The van der Waals surface area contributed by atoms with Gasteiger partial charge in [0.25, 0.3) is 5.91 Å². The van der Waals surface area contributed by atoms with Crippen LogP contribution in [0.15, 0.2) is 48.5 Å². The molecule has 0 spiro atoms. The normalized spacial score (nSPS) is 12.9. The van der Waals surface area contributed by atoms with Crippen molar-refractivity contribution in [2.45, 2.75) is 19.3 Å². The van der Waals surface area contributed by atoms with Crippen molar-refractivity contribution in [3.63, 3.8) is 0 Å². The molecule has 6 heteroatoms. The van der Waals surface area contributed by atoms with Gasteiger partial charge in [0.05, 0.1) is 11.4 Å². The number of nitrogens with one attached hydrogen (secondary N) is 1. The lowest BCUT2D eigenvalue weighted by Gasteiger charge is -2.06. The molecular weight excluding hydrogens is 324 g/mol. The van der Waals surface area contributed by atoms with Crippen LogP contribution in [0.3, 0.4) is 0 Å². The maximum Gasteiger partial charge on any atom is 0.276 e. The van der Waals surface area contributed by atoms with E-state index < -0.39 is 17.5 Å². The molecule has 4 rings (SSSR count). The largest absolute Gasteiger partial charge is 0.318 e. The quantitative estimate of drug-likeness (QED) is 0.787. The summed E-state index contributed by atoms with van der Waals surface area (Å²) in [5, 5.41) is 6.95. The summed E-state index contributed by atoms with van der Waals surface area (Å²) in [4.78, 5) is 12.6. The molecule has 1 heterocycles. The second-order valence-electron chi connectivity index (χ2n) is 5.95. The van der Waals surface area contributed by atoms with Gasteiger partial charge in [-0.2, -0.15) is 5.10 Å². The Morgan fingerprint density at radius 1 is 1.08 bits per heavy atom. The van der Waals surface area contributed by atoms with Crippen LogP contribution in [0.25, 0.3) is 5.69 Å². The maximum atomic E-state index is 13.8. The van der Waals surface area contributed by atoms with Crippen LogP contribution in [0.4, 0.5) is 14.5 Å². The Kier molecular flexibility index (Phi) is 3.80. The summed E-state index contributed by atoms with van der Waals surface area (Å²) in [7, 11) is 0. The van der Waals surface area contributed by atoms with Gasteiger partial charge in [0, 0.05) is 17.3 Å². The van der Waals surface area contributed by atoms with E-state index in [-0.39, 0.29) is 5.69 Å². The number of nitrogens with zero attached hydrogens (tertiary/aromatic N) is 2. The molecule has 0 radical (unpaired) electrons. The van der Waals surface area contributed by atoms with Gasteiger partial charge < -0.3 is 5.32 Å². The Morgan fingerprint density at radius 2 is 1.88 bits per heavy atom. The Morgan fingerprint density at radius 3 is 2.64 bits per heavy atom. The minimum Gasteiger partial charge on any atom is -0.318 e. The Labute approximate surface area is 143 Å². The van der Waals surface area contributed by atoms with Crippen LogP contribution in [0.2, 0.25) is 0 Å². The fraction of sp³-hybridized carbons (Fsp3) is 0.158. The summed E-state index contributed by atoms with van der Waals surface area (Å²) in [6.45, 7) is 0. The molecule has 0 unspecified atom stereocenters. The molecule has 1 aromatic heterocycles. The van der Waals surface area contributed by atoms with E-state index in [1.807, 2.05) is 30.3 Å². The van der Waals surface area contributed by atoms with E-state index in [0.717, 1.165) is 48.3 Å². The minimum absolute atomic E-state index is 0.0626. The summed E-state index contributed by atoms with van der Waals surface area (Å²) in [6, 6.07) is 12.6. The number of aromatic nitrogens is 2. The minimum atomic E-state index is -0.813. The highest BCUT2D eigenvalue weighted by Crippen LogP contribution is 2.28. The van der Waals surface area contributed by atoms with Crippen LogP contribution in [-0.2, 0) is 12.8 Å². The molecule has 0 atom stereocenters. The highest BCUT2D eigenvalue weighted by Gasteiger charge is 2.27. The van der Waals surface area contributed by atoms with Crippen molar-refractivity contribution in [2.24, 2.45) is 0 Å². The van der Waals surface area contributed by atoms with Gasteiger partial charge in [-0.1, -0.05) is 18.2 Å². The molecule has 25 heavy (non-hydrogen) atoms. The molecule has 4 nitrogen and oxygen atoms in total. The maximum absolute atomic E-state index is 13.8. The van der Waals surface area contributed by atoms with Crippen molar-refractivity contribution in [1.29, 1.82) is 0 Å². The van der Waals surface area contributed by atoms with E-state index in [1.165, 1.54) is 6.07 Å². The molecule has 1 aliphatic carbocycles. The van der Waals surface area contributed by atoms with E-state index in [0.29, 0.717) is 5.69 Å². The van der Waals surface area contributed by atoms with Crippen molar-refractivity contribution in [3.8, 4) is 5.69 Å². The molecule has 1 aliphatic rings. The number of carbonyl (C=O) groups excluding carboxylic acids is 1. The van der Waals surface area contributed by atoms with E-state index >= 15 is 0 Å². The monoisotopic (exact) mass is 339 g/mol. The second-order valence-corrected chi connectivity index (χ2v) is 5.95. The molecule has 0 saturated carbocycles. The average Bonchev–Trinajstić information content (AvgIpc) is 3.20. The van der Waals surface area contributed by atoms with Gasteiger partial charge in [0.15, 0.2) is 5.69 Å². The van der Waals surface area contributed by atoms with Crippen molar-refractivity contribution < 1.29 is 13.6 Å². The summed E-state index contributed by atoms with van der Waals surface area (Å²) in [5.41, 5.74) is 3.01. The van der Waals surface area contributed by atoms with Gasteiger partial charge in [0.2, 0.25) is 0 Å². The van der Waals surface area contributed by atoms with Crippen LogP contribution >= 0.6 is 0 Å². The molecule has 0 saturated heterocycles. The van der Waals surface area contributed by atoms with Crippen LogP contribution in [-0.4, -0.2) is 15.7 Å². The number of fused-ring (bicyclic) bond motifs is 1. The van der Waals surface area contributed by atoms with E-state index in [4.69, 9.17) is 0 Å². The molecular formula is C19H15F2N3O. The van der Waals surface area contributed by atoms with E-state index in [9.17, 15) is 13.6 Å². The van der Waals surface area contributed by atoms with Gasteiger partial charge in [-0.15, -0.1) is 0 Å². The third-order valence-electron chi connectivity index (χ3n) is 4.33. The first-order valence-corrected chi connectivity index (χ1v) is 8.06. The lowest BCUT2D eigenvalue weighted by Crippen LogP contribution is -2.16. The van der Waals surface area contributed by atoms with Gasteiger partial charge in [-0.25, -0.2) is 13.5 Å². The fourth-order valence-electron chi connectivity index (χ4n) is 3.17. The van der Waals surface area contributed by atoms with Crippen molar-refractivity contribution >= 4 is 11.6 Å². The number of rotatable bonds is 3. The standard InChI is InChI=1S/C19H15F2N3O/c20-12-9-10-16(15(21)11-12)22-19(25)18-14-7-4-8-17(14)24(23-18)13-5-2-1-3-6-13/h1-3,5-6,9-11H,4,7-8H2,(H,22,25). The zero-order valence-electron chi connectivity index (χ0n) is 13.3. The van der Waals surface area contributed by atoms with Crippen LogP contribution in [0.5, 0.6) is 0 Å². The molecule has 2 aromatic carbocycles. The van der Waals surface area contributed by atoms with Crippen LogP contribution in [0.1, 0.15) is 28.2 Å². The fourth-order valence-corrected chi connectivity index (χ4v) is 3.17. The molecule has 126 valence electrons. The SMILES string of the molecule is O=C(Nc1ccc(F)cc1F)c1nn(-c2ccccc2)c2c1CCC2. The topological polar surface area (TPSA) is 46.9 Å². The Balaban J connectivity index is 1.70. The Bertz CT molecular complexity index is 951. The van der Waals surface area contributed by atoms with Crippen molar-refractivity contribution in [3.05, 3.63) is 77.1 Å².